The van der Waals surface area contributed by atoms with Crippen LogP contribution in [0.4, 0.5) is 0 Å². The largest absolute Gasteiger partial charge is 0.485 e. The van der Waals surface area contributed by atoms with Gasteiger partial charge < -0.3 is 4.74 Å². The topological polar surface area (TPSA) is 9.23 Å². The molecular weight excluding hydrogens is 629 g/mol. The summed E-state index contributed by atoms with van der Waals surface area (Å²) in [5, 5.41) is 2.60. The normalized spacial score (nSPS) is 17.9. The molecule has 1 aliphatic heterocycles. The second-order valence-corrected chi connectivity index (χ2v) is 14.6. The SMILES string of the molecule is C1=Cc2cccc3c2C(C1)Oc1ccc(-c2cccc(-c4cccc5c4-c4ccccc4C54c5ccccc5-c5ccc6ccccc6c54)c2)cc1-3. The summed E-state index contributed by atoms with van der Waals surface area (Å²) in [6, 6.07) is 61.3. The Morgan fingerprint density at radius 2 is 1.19 bits per heavy atom. The summed E-state index contributed by atoms with van der Waals surface area (Å²) >= 11 is 0. The van der Waals surface area contributed by atoms with E-state index in [-0.39, 0.29) is 6.10 Å². The molecule has 0 bridgehead atoms. The van der Waals surface area contributed by atoms with Gasteiger partial charge in [-0.25, -0.2) is 0 Å². The molecule has 0 amide bonds. The highest BCUT2D eigenvalue weighted by Gasteiger charge is 2.52. The molecule has 0 saturated heterocycles. The van der Waals surface area contributed by atoms with Crippen molar-refractivity contribution in [3.05, 3.63) is 203 Å². The predicted octanol–water partition coefficient (Wildman–Crippen LogP) is 13.0. The first-order valence-electron chi connectivity index (χ1n) is 18.4. The van der Waals surface area contributed by atoms with Crippen LogP contribution in [0.15, 0.2) is 170 Å². The molecule has 52 heavy (non-hydrogen) atoms. The fourth-order valence-corrected chi connectivity index (χ4v) is 10.1. The Morgan fingerprint density at radius 3 is 2.13 bits per heavy atom. The maximum Gasteiger partial charge on any atom is 0.128 e. The molecule has 0 N–H and O–H groups in total. The fourth-order valence-electron chi connectivity index (χ4n) is 10.1. The molecule has 12 rings (SSSR count). The van der Waals surface area contributed by atoms with Crippen molar-refractivity contribution in [2.24, 2.45) is 0 Å². The number of rotatable bonds is 2. The summed E-state index contributed by atoms with van der Waals surface area (Å²) in [7, 11) is 0. The van der Waals surface area contributed by atoms with Crippen molar-refractivity contribution in [1.29, 1.82) is 0 Å². The molecule has 0 radical (unpaired) electrons. The van der Waals surface area contributed by atoms with Crippen LogP contribution in [0.5, 0.6) is 5.75 Å². The van der Waals surface area contributed by atoms with E-state index in [1.54, 1.807) is 0 Å². The molecule has 0 fully saturated rings. The van der Waals surface area contributed by atoms with Gasteiger partial charge in [0.25, 0.3) is 0 Å². The minimum Gasteiger partial charge on any atom is -0.485 e. The molecule has 8 aromatic carbocycles. The summed E-state index contributed by atoms with van der Waals surface area (Å²) in [5.74, 6) is 0.970. The van der Waals surface area contributed by atoms with E-state index in [2.05, 4.69) is 176 Å². The molecule has 8 aromatic rings. The van der Waals surface area contributed by atoms with Crippen molar-refractivity contribution < 1.29 is 4.74 Å². The van der Waals surface area contributed by atoms with Crippen LogP contribution < -0.4 is 4.74 Å². The molecule has 2 unspecified atom stereocenters. The van der Waals surface area contributed by atoms with Crippen molar-refractivity contribution >= 4 is 16.8 Å². The van der Waals surface area contributed by atoms with Gasteiger partial charge in [-0.05, 0) is 107 Å². The first-order valence-corrected chi connectivity index (χ1v) is 18.4. The fraction of sp³-hybridized carbons (Fsp3) is 0.0588. The van der Waals surface area contributed by atoms with Gasteiger partial charge in [-0.15, -0.1) is 0 Å². The highest BCUT2D eigenvalue weighted by Crippen LogP contribution is 2.65. The lowest BCUT2D eigenvalue weighted by Crippen LogP contribution is -2.26. The summed E-state index contributed by atoms with van der Waals surface area (Å²) < 4.78 is 6.58. The van der Waals surface area contributed by atoms with Gasteiger partial charge in [-0.1, -0.05) is 158 Å². The Hall–Kier alpha value is -6.44. The van der Waals surface area contributed by atoms with Crippen LogP contribution in [-0.4, -0.2) is 0 Å². The van der Waals surface area contributed by atoms with Crippen LogP contribution in [0.25, 0.3) is 72.5 Å². The van der Waals surface area contributed by atoms with E-state index >= 15 is 0 Å². The van der Waals surface area contributed by atoms with E-state index in [4.69, 9.17) is 4.74 Å². The molecule has 242 valence electrons. The zero-order chi connectivity index (χ0) is 34.0. The monoisotopic (exact) mass is 660 g/mol. The zero-order valence-electron chi connectivity index (χ0n) is 28.4. The lowest BCUT2D eigenvalue weighted by Gasteiger charge is -2.32. The Balaban J connectivity index is 1.07. The Bertz CT molecular complexity index is 2870. The van der Waals surface area contributed by atoms with E-state index in [0.717, 1.165) is 12.2 Å². The van der Waals surface area contributed by atoms with Crippen LogP contribution in [-0.2, 0) is 5.41 Å². The van der Waals surface area contributed by atoms with Gasteiger partial charge in [-0.3, -0.25) is 0 Å². The van der Waals surface area contributed by atoms with Crippen molar-refractivity contribution in [2.75, 3.05) is 0 Å². The summed E-state index contributed by atoms with van der Waals surface area (Å²) in [6.07, 6.45) is 5.46. The molecular formula is C51H32O. The molecule has 1 spiro atoms. The maximum absolute atomic E-state index is 6.58. The molecule has 2 atom stereocenters. The molecule has 1 heteroatoms. The minimum absolute atomic E-state index is 0.0843. The van der Waals surface area contributed by atoms with Crippen molar-refractivity contribution in [3.8, 4) is 61.4 Å². The van der Waals surface area contributed by atoms with Gasteiger partial charge >= 0.3 is 0 Å². The summed E-state index contributed by atoms with van der Waals surface area (Å²) in [5.41, 5.74) is 20.3. The zero-order valence-corrected chi connectivity index (χ0v) is 28.4. The average Bonchev–Trinajstić information content (AvgIpc) is 3.69. The highest BCUT2D eigenvalue weighted by atomic mass is 16.5. The molecule has 0 saturated carbocycles. The number of ether oxygens (including phenoxy) is 1. The van der Waals surface area contributed by atoms with Crippen LogP contribution >= 0.6 is 0 Å². The van der Waals surface area contributed by atoms with Gasteiger partial charge in [0, 0.05) is 17.5 Å². The van der Waals surface area contributed by atoms with E-state index in [1.165, 1.54) is 99.8 Å². The molecule has 4 aliphatic rings. The maximum atomic E-state index is 6.58. The molecule has 1 heterocycles. The van der Waals surface area contributed by atoms with Gasteiger partial charge in [-0.2, -0.15) is 0 Å². The lowest BCUT2D eigenvalue weighted by molar-refractivity contribution is 0.204. The lowest BCUT2D eigenvalue weighted by atomic mass is 9.69. The molecule has 1 nitrogen and oxygen atoms in total. The Labute approximate surface area is 303 Å². The number of hydrogen-bond donors (Lipinski definition) is 0. The third-order valence-electron chi connectivity index (χ3n) is 12.1. The Morgan fingerprint density at radius 1 is 0.481 bits per heavy atom. The van der Waals surface area contributed by atoms with Gasteiger partial charge in [0.2, 0.25) is 0 Å². The summed E-state index contributed by atoms with van der Waals surface area (Å²) in [6.45, 7) is 0. The second kappa shape index (κ2) is 10.3. The molecule has 3 aliphatic carbocycles. The number of hydrogen-bond acceptors (Lipinski definition) is 1. The van der Waals surface area contributed by atoms with E-state index in [9.17, 15) is 0 Å². The van der Waals surface area contributed by atoms with E-state index < -0.39 is 5.41 Å². The Kier molecular flexibility index (Phi) is 5.61. The quantitative estimate of drug-likeness (QED) is 0.179. The standard InChI is InChI=1S/C51H32O/c1-2-16-37-31(11-1)25-27-40-38-17-3-5-21-43(38)51(50(37)40)44-22-6-4-18-41(44)49-36(19-10-23-45(49)51)35-15-7-14-33(29-35)34-26-28-46-42(30-34)39-20-8-12-32-13-9-24-47(52-46)48(32)39/h1-23,25-30,47H,24H2. The molecule has 0 aromatic heterocycles. The second-order valence-electron chi connectivity index (χ2n) is 14.6. The third-order valence-corrected chi connectivity index (χ3v) is 12.1. The van der Waals surface area contributed by atoms with Crippen LogP contribution in [0.2, 0.25) is 0 Å². The number of benzene rings is 8. The van der Waals surface area contributed by atoms with Gasteiger partial charge in [0.1, 0.15) is 11.9 Å². The van der Waals surface area contributed by atoms with Crippen molar-refractivity contribution in [1.82, 2.24) is 0 Å². The van der Waals surface area contributed by atoms with Crippen molar-refractivity contribution in [2.45, 2.75) is 17.9 Å². The van der Waals surface area contributed by atoms with Crippen LogP contribution in [0, 0.1) is 0 Å². The van der Waals surface area contributed by atoms with Crippen molar-refractivity contribution in [3.63, 3.8) is 0 Å². The van der Waals surface area contributed by atoms with Crippen LogP contribution in [0.1, 0.15) is 45.9 Å². The smallest absolute Gasteiger partial charge is 0.128 e. The number of fused-ring (bicyclic) bond motifs is 14. The third kappa shape index (κ3) is 3.58. The summed E-state index contributed by atoms with van der Waals surface area (Å²) in [4.78, 5) is 0. The first-order chi connectivity index (χ1) is 25.8. The highest BCUT2D eigenvalue weighted by molar-refractivity contribution is 6.06. The van der Waals surface area contributed by atoms with E-state index in [1.807, 2.05) is 0 Å². The van der Waals surface area contributed by atoms with Gasteiger partial charge in [0.05, 0.1) is 5.41 Å². The minimum atomic E-state index is -0.410. The van der Waals surface area contributed by atoms with E-state index in [0.29, 0.717) is 0 Å². The van der Waals surface area contributed by atoms with Crippen LogP contribution in [0.3, 0.4) is 0 Å². The predicted molar refractivity (Wildman–Crippen MR) is 214 cm³/mol. The van der Waals surface area contributed by atoms with Gasteiger partial charge in [0.15, 0.2) is 0 Å². The average molecular weight is 661 g/mol. The first kappa shape index (κ1) is 28.3.